The zero-order valence-electron chi connectivity index (χ0n) is 17.2. The maximum atomic E-state index is 13.2. The fraction of sp³-hybridized carbons (Fsp3) is 0.0417. The number of rotatable bonds is 5. The van der Waals surface area contributed by atoms with Gasteiger partial charge in [-0.2, -0.15) is 0 Å². The Bertz CT molecular complexity index is 1320. The van der Waals surface area contributed by atoms with E-state index in [1.165, 1.54) is 66.7 Å². The monoisotopic (exact) mass is 500 g/mol. The molecule has 2 N–H and O–H groups in total. The van der Waals surface area contributed by atoms with E-state index in [2.05, 4.69) is 5.32 Å². The maximum absolute atomic E-state index is 13.2. The van der Waals surface area contributed by atoms with Gasteiger partial charge in [-0.25, -0.2) is 14.1 Å². The van der Waals surface area contributed by atoms with Crippen LogP contribution < -0.4 is 15.0 Å². The van der Waals surface area contributed by atoms with E-state index in [4.69, 9.17) is 27.9 Å². The van der Waals surface area contributed by atoms with Gasteiger partial charge >= 0.3 is 6.03 Å². The predicted molar refractivity (Wildman–Crippen MR) is 124 cm³/mol. The van der Waals surface area contributed by atoms with E-state index in [1.54, 1.807) is 0 Å². The van der Waals surface area contributed by atoms with Gasteiger partial charge in [-0.05, 0) is 60.2 Å². The Morgan fingerprint density at radius 2 is 1.68 bits per heavy atom. The lowest BCUT2D eigenvalue weighted by Gasteiger charge is -2.26. The van der Waals surface area contributed by atoms with Crippen molar-refractivity contribution in [2.24, 2.45) is 0 Å². The number of halogens is 3. The summed E-state index contributed by atoms with van der Waals surface area (Å²) in [5.74, 6) is -2.12. The highest BCUT2D eigenvalue weighted by atomic mass is 35.5. The van der Waals surface area contributed by atoms with Crippen molar-refractivity contribution in [1.82, 2.24) is 5.32 Å². The molecule has 1 heterocycles. The van der Waals surface area contributed by atoms with Crippen LogP contribution in [0.15, 0.2) is 66.2 Å². The third kappa shape index (κ3) is 4.88. The molecule has 7 nitrogen and oxygen atoms in total. The molecule has 0 saturated carbocycles. The molecule has 0 radical (unpaired) electrons. The van der Waals surface area contributed by atoms with Gasteiger partial charge in [-0.1, -0.05) is 35.3 Å². The van der Waals surface area contributed by atoms with Crippen LogP contribution in [0.1, 0.15) is 11.1 Å². The zero-order valence-corrected chi connectivity index (χ0v) is 18.7. The second kappa shape index (κ2) is 9.54. The van der Waals surface area contributed by atoms with E-state index >= 15 is 0 Å². The van der Waals surface area contributed by atoms with Gasteiger partial charge in [-0.15, -0.1) is 0 Å². The molecule has 3 aromatic carbocycles. The summed E-state index contributed by atoms with van der Waals surface area (Å²) in [6, 6.07) is 12.9. The van der Waals surface area contributed by atoms with Crippen LogP contribution in [0.25, 0.3) is 6.08 Å². The zero-order chi connectivity index (χ0) is 24.4. The second-order valence-electron chi connectivity index (χ2n) is 7.20. The van der Waals surface area contributed by atoms with E-state index in [0.29, 0.717) is 5.56 Å². The van der Waals surface area contributed by atoms with Gasteiger partial charge in [0.25, 0.3) is 11.8 Å². The average molecular weight is 501 g/mol. The van der Waals surface area contributed by atoms with Crippen molar-refractivity contribution in [3.05, 3.63) is 93.2 Å². The molecular weight excluding hydrogens is 486 g/mol. The number of anilines is 1. The Balaban J connectivity index is 1.70. The van der Waals surface area contributed by atoms with Crippen LogP contribution in [0, 0.1) is 5.82 Å². The summed E-state index contributed by atoms with van der Waals surface area (Å²) in [6.45, 7) is 0.0239. The molecule has 4 rings (SSSR count). The van der Waals surface area contributed by atoms with Crippen molar-refractivity contribution < 1.29 is 28.6 Å². The van der Waals surface area contributed by atoms with Crippen LogP contribution in [0.4, 0.5) is 14.9 Å². The van der Waals surface area contributed by atoms with Crippen LogP contribution in [0.5, 0.6) is 11.5 Å². The molecule has 0 bridgehead atoms. The first-order chi connectivity index (χ1) is 16.2. The number of barbiturate groups is 1. The second-order valence-corrected chi connectivity index (χ2v) is 8.04. The number of hydrogen-bond donors (Lipinski definition) is 2. The molecule has 0 atom stereocenters. The number of benzene rings is 3. The molecule has 1 fully saturated rings. The van der Waals surface area contributed by atoms with Gasteiger partial charge < -0.3 is 9.84 Å². The van der Waals surface area contributed by atoms with Gasteiger partial charge in [0.2, 0.25) is 0 Å². The Morgan fingerprint density at radius 1 is 1.00 bits per heavy atom. The maximum Gasteiger partial charge on any atom is 0.335 e. The molecule has 1 aliphatic heterocycles. The predicted octanol–water partition coefficient (Wildman–Crippen LogP) is 5.08. The summed E-state index contributed by atoms with van der Waals surface area (Å²) in [7, 11) is 0. The number of carbonyl (C=O) groups excluding carboxylic acids is 3. The number of phenolic OH excluding ortho intramolecular Hbond substituents is 1. The van der Waals surface area contributed by atoms with Crippen molar-refractivity contribution >= 4 is 52.8 Å². The highest BCUT2D eigenvalue weighted by Crippen LogP contribution is 2.35. The topological polar surface area (TPSA) is 95.9 Å². The summed E-state index contributed by atoms with van der Waals surface area (Å²) in [5.41, 5.74) is 0.660. The number of phenols is 1. The third-order valence-electron chi connectivity index (χ3n) is 4.84. The van der Waals surface area contributed by atoms with E-state index in [1.807, 2.05) is 0 Å². The van der Waals surface area contributed by atoms with E-state index < -0.39 is 23.7 Å². The van der Waals surface area contributed by atoms with Crippen molar-refractivity contribution in [3.8, 4) is 11.5 Å². The number of nitrogens with one attached hydrogen (secondary N) is 1. The van der Waals surface area contributed by atoms with Crippen LogP contribution in [-0.4, -0.2) is 23.0 Å². The third-order valence-corrected chi connectivity index (χ3v) is 5.34. The number of hydrogen-bond acceptors (Lipinski definition) is 5. The van der Waals surface area contributed by atoms with E-state index in [-0.39, 0.29) is 45.0 Å². The molecule has 34 heavy (non-hydrogen) atoms. The molecule has 0 aliphatic carbocycles. The summed E-state index contributed by atoms with van der Waals surface area (Å²) in [4.78, 5) is 38.7. The fourth-order valence-electron chi connectivity index (χ4n) is 3.23. The minimum atomic E-state index is -0.935. The Morgan fingerprint density at radius 3 is 2.35 bits per heavy atom. The van der Waals surface area contributed by atoms with Crippen LogP contribution in [-0.2, 0) is 16.2 Å². The molecule has 10 heteroatoms. The van der Waals surface area contributed by atoms with Crippen molar-refractivity contribution in [2.45, 2.75) is 6.61 Å². The van der Waals surface area contributed by atoms with Gasteiger partial charge in [-0.3, -0.25) is 14.9 Å². The molecule has 3 aromatic rings. The van der Waals surface area contributed by atoms with Crippen LogP contribution in [0.3, 0.4) is 0 Å². The SMILES string of the molecule is O=C1NC(=O)N(c2ccc(O)cc2)C(=O)/C1=C/c1cc(Cl)cc(Cl)c1OCc1ccc(F)cc1. The quantitative estimate of drug-likeness (QED) is 0.376. The summed E-state index contributed by atoms with van der Waals surface area (Å²) < 4.78 is 19.0. The molecule has 0 unspecified atom stereocenters. The minimum Gasteiger partial charge on any atom is -0.508 e. The number of aromatic hydroxyl groups is 1. The van der Waals surface area contributed by atoms with Gasteiger partial charge in [0.05, 0.1) is 10.7 Å². The molecular formula is C24H15Cl2FN2O5. The van der Waals surface area contributed by atoms with Gasteiger partial charge in [0, 0.05) is 10.6 Å². The standard InChI is InChI=1S/C24H15Cl2FN2O5/c25-15-9-14(21(20(26)11-15)34-12-13-1-3-16(27)4-2-13)10-19-22(31)28-24(33)29(23(19)32)17-5-7-18(30)8-6-17/h1-11,30H,12H2,(H,28,31,33)/b19-10+. The largest absolute Gasteiger partial charge is 0.508 e. The van der Waals surface area contributed by atoms with Crippen LogP contribution >= 0.6 is 23.2 Å². The normalized spacial score (nSPS) is 15.0. The molecule has 1 saturated heterocycles. The lowest BCUT2D eigenvalue weighted by atomic mass is 10.1. The smallest absolute Gasteiger partial charge is 0.335 e. The first-order valence-electron chi connectivity index (χ1n) is 9.79. The number of ether oxygens (including phenoxy) is 1. The van der Waals surface area contributed by atoms with Gasteiger partial charge in [0.15, 0.2) is 0 Å². The average Bonchev–Trinajstić information content (AvgIpc) is 2.78. The van der Waals surface area contributed by atoms with Crippen molar-refractivity contribution in [2.75, 3.05) is 4.90 Å². The highest BCUT2D eigenvalue weighted by Gasteiger charge is 2.37. The van der Waals surface area contributed by atoms with Crippen molar-refractivity contribution in [1.29, 1.82) is 0 Å². The van der Waals surface area contributed by atoms with Gasteiger partial charge in [0.1, 0.15) is 29.5 Å². The summed E-state index contributed by atoms with van der Waals surface area (Å²) in [5, 5.41) is 11.9. The highest BCUT2D eigenvalue weighted by molar-refractivity contribution is 6.40. The number of carbonyl (C=O) groups is 3. The molecule has 0 aromatic heterocycles. The first kappa shape index (κ1) is 23.3. The summed E-state index contributed by atoms with van der Waals surface area (Å²) >= 11 is 12.4. The number of urea groups is 1. The lowest BCUT2D eigenvalue weighted by Crippen LogP contribution is -2.54. The van der Waals surface area contributed by atoms with E-state index in [0.717, 1.165) is 4.90 Å². The van der Waals surface area contributed by atoms with Crippen molar-refractivity contribution in [3.63, 3.8) is 0 Å². The van der Waals surface area contributed by atoms with E-state index in [9.17, 15) is 23.9 Å². The number of amides is 4. The molecule has 1 aliphatic rings. The Labute approximate surface area is 203 Å². The van der Waals surface area contributed by atoms with Crippen LogP contribution in [0.2, 0.25) is 10.0 Å². The number of nitrogens with zero attached hydrogens (tertiary/aromatic N) is 1. The molecule has 172 valence electrons. The number of imide groups is 2. The summed E-state index contributed by atoms with van der Waals surface area (Å²) in [6.07, 6.45) is 1.22. The minimum absolute atomic E-state index is 0.0239. The Hall–Kier alpha value is -3.88. The lowest BCUT2D eigenvalue weighted by molar-refractivity contribution is -0.122. The Kier molecular flexibility index (Phi) is 6.54. The fourth-order valence-corrected chi connectivity index (χ4v) is 3.79. The first-order valence-corrected chi connectivity index (χ1v) is 10.6. The molecule has 0 spiro atoms. The molecule has 4 amide bonds.